The number of nitro groups is 1. The third-order valence-corrected chi connectivity index (χ3v) is 2.78. The number of hydrogen-bond donors (Lipinski definition) is 0. The molecule has 5 nitrogen and oxygen atoms in total. The normalized spacial score (nSPS) is 9.88. The molecule has 0 aliphatic rings. The molecule has 0 saturated carbocycles. The Kier molecular flexibility index (Phi) is 4.30. The van der Waals surface area contributed by atoms with E-state index in [0.717, 1.165) is 4.90 Å². The first-order chi connectivity index (χ1) is 7.58. The van der Waals surface area contributed by atoms with Gasteiger partial charge in [-0.3, -0.25) is 14.9 Å². The van der Waals surface area contributed by atoms with E-state index in [2.05, 4.69) is 4.74 Å². The summed E-state index contributed by atoms with van der Waals surface area (Å²) in [5, 5.41) is 10.8. The van der Waals surface area contributed by atoms with Crippen molar-refractivity contribution < 1.29 is 14.5 Å². The summed E-state index contributed by atoms with van der Waals surface area (Å²) in [6, 6.07) is 4.79. The van der Waals surface area contributed by atoms with Gasteiger partial charge in [0.15, 0.2) is 0 Å². The van der Waals surface area contributed by atoms with Crippen LogP contribution in [0.4, 0.5) is 5.69 Å². The maximum atomic E-state index is 11.1. The summed E-state index contributed by atoms with van der Waals surface area (Å²) >= 11 is 1.41. The first kappa shape index (κ1) is 12.5. The zero-order valence-corrected chi connectivity index (χ0v) is 9.74. The third kappa shape index (κ3) is 2.96. The van der Waals surface area contributed by atoms with Gasteiger partial charge < -0.3 is 4.74 Å². The van der Waals surface area contributed by atoms with Gasteiger partial charge in [0, 0.05) is 16.5 Å². The number of ether oxygens (including phenoxy) is 1. The topological polar surface area (TPSA) is 69.4 Å². The SMILES string of the molecule is COC(=O)Cc1ccc(SC)cc1[N+](=O)[O-]. The van der Waals surface area contributed by atoms with Crippen molar-refractivity contribution in [3.63, 3.8) is 0 Å². The van der Waals surface area contributed by atoms with Crippen molar-refractivity contribution >= 4 is 23.4 Å². The van der Waals surface area contributed by atoms with Gasteiger partial charge in [-0.1, -0.05) is 6.07 Å². The molecule has 1 rings (SSSR count). The molecule has 0 amide bonds. The van der Waals surface area contributed by atoms with E-state index in [-0.39, 0.29) is 12.1 Å². The zero-order chi connectivity index (χ0) is 12.1. The van der Waals surface area contributed by atoms with Crippen LogP contribution in [0.15, 0.2) is 23.1 Å². The number of carbonyl (C=O) groups is 1. The molecular weight excluding hydrogens is 230 g/mol. The molecule has 6 heteroatoms. The Morgan fingerprint density at radius 3 is 2.75 bits per heavy atom. The molecule has 0 heterocycles. The van der Waals surface area contributed by atoms with E-state index in [4.69, 9.17) is 0 Å². The lowest BCUT2D eigenvalue weighted by Crippen LogP contribution is -2.06. The highest BCUT2D eigenvalue weighted by Gasteiger charge is 2.17. The zero-order valence-electron chi connectivity index (χ0n) is 8.93. The van der Waals surface area contributed by atoms with Crippen LogP contribution < -0.4 is 0 Å². The van der Waals surface area contributed by atoms with Crippen LogP contribution in [-0.4, -0.2) is 24.3 Å². The first-order valence-electron chi connectivity index (χ1n) is 4.46. The van der Waals surface area contributed by atoms with Crippen molar-refractivity contribution in [3.05, 3.63) is 33.9 Å². The Labute approximate surface area is 96.9 Å². The van der Waals surface area contributed by atoms with E-state index >= 15 is 0 Å². The van der Waals surface area contributed by atoms with Crippen LogP contribution in [0.5, 0.6) is 0 Å². The molecule has 1 aromatic rings. The Bertz CT molecular complexity index is 419. The summed E-state index contributed by atoms with van der Waals surface area (Å²) in [5.41, 5.74) is 0.326. The van der Waals surface area contributed by atoms with E-state index in [9.17, 15) is 14.9 Å². The lowest BCUT2D eigenvalue weighted by molar-refractivity contribution is -0.385. The Hall–Kier alpha value is -1.56. The molecule has 0 spiro atoms. The van der Waals surface area contributed by atoms with Crippen molar-refractivity contribution in [3.8, 4) is 0 Å². The number of thioether (sulfide) groups is 1. The molecule has 16 heavy (non-hydrogen) atoms. The Morgan fingerprint density at radius 2 is 2.25 bits per heavy atom. The second kappa shape index (κ2) is 5.50. The van der Waals surface area contributed by atoms with Gasteiger partial charge in [0.2, 0.25) is 0 Å². The highest BCUT2D eigenvalue weighted by atomic mass is 32.2. The number of hydrogen-bond acceptors (Lipinski definition) is 5. The lowest BCUT2D eigenvalue weighted by atomic mass is 10.1. The fourth-order valence-corrected chi connectivity index (χ4v) is 1.65. The van der Waals surface area contributed by atoms with Crippen molar-refractivity contribution in [1.29, 1.82) is 0 Å². The van der Waals surface area contributed by atoms with Crippen molar-refractivity contribution in [2.75, 3.05) is 13.4 Å². The Morgan fingerprint density at radius 1 is 1.56 bits per heavy atom. The number of carbonyl (C=O) groups excluding carboxylic acids is 1. The molecule has 1 aromatic carbocycles. The van der Waals surface area contributed by atoms with Gasteiger partial charge in [0.25, 0.3) is 5.69 Å². The van der Waals surface area contributed by atoms with Crippen molar-refractivity contribution in [2.24, 2.45) is 0 Å². The highest BCUT2D eigenvalue weighted by Crippen LogP contribution is 2.25. The molecule has 0 fully saturated rings. The molecule has 0 saturated heterocycles. The van der Waals surface area contributed by atoms with E-state index in [1.807, 2.05) is 6.26 Å². The summed E-state index contributed by atoms with van der Waals surface area (Å²) in [5.74, 6) is -0.486. The van der Waals surface area contributed by atoms with E-state index in [1.54, 1.807) is 12.1 Å². The minimum Gasteiger partial charge on any atom is -0.469 e. The molecule has 0 radical (unpaired) electrons. The largest absolute Gasteiger partial charge is 0.469 e. The average Bonchev–Trinajstić information content (AvgIpc) is 2.29. The molecule has 0 atom stereocenters. The Balaban J connectivity index is 3.08. The molecule has 0 aliphatic heterocycles. The molecule has 0 unspecified atom stereocenters. The monoisotopic (exact) mass is 241 g/mol. The van der Waals surface area contributed by atoms with Gasteiger partial charge in [0.1, 0.15) is 0 Å². The molecule has 86 valence electrons. The van der Waals surface area contributed by atoms with Gasteiger partial charge in [-0.25, -0.2) is 0 Å². The summed E-state index contributed by atoms with van der Waals surface area (Å²) < 4.78 is 4.48. The summed E-state index contributed by atoms with van der Waals surface area (Å²) in [6.45, 7) is 0. The van der Waals surface area contributed by atoms with Crippen molar-refractivity contribution in [2.45, 2.75) is 11.3 Å². The summed E-state index contributed by atoms with van der Waals surface area (Å²) in [7, 11) is 1.25. The highest BCUT2D eigenvalue weighted by molar-refractivity contribution is 7.98. The molecule has 0 bridgehead atoms. The number of benzene rings is 1. The number of esters is 1. The molecule has 0 aliphatic carbocycles. The predicted molar refractivity (Wildman–Crippen MR) is 60.6 cm³/mol. The minimum atomic E-state index is -0.488. The van der Waals surface area contributed by atoms with Gasteiger partial charge in [0.05, 0.1) is 18.5 Å². The second-order valence-corrected chi connectivity index (χ2v) is 3.88. The number of nitro benzene ring substituents is 1. The number of nitrogens with zero attached hydrogens (tertiary/aromatic N) is 1. The minimum absolute atomic E-state index is 0.0442. The summed E-state index contributed by atoms with van der Waals surface area (Å²) in [4.78, 5) is 22.2. The van der Waals surface area contributed by atoms with Gasteiger partial charge in [-0.05, 0) is 12.3 Å². The predicted octanol–water partition coefficient (Wildman–Crippen LogP) is 2.03. The number of rotatable bonds is 4. The lowest BCUT2D eigenvalue weighted by Gasteiger charge is -2.03. The first-order valence-corrected chi connectivity index (χ1v) is 5.69. The van der Waals surface area contributed by atoms with Crippen LogP contribution in [-0.2, 0) is 16.0 Å². The second-order valence-electron chi connectivity index (χ2n) is 3.00. The van der Waals surface area contributed by atoms with E-state index < -0.39 is 10.9 Å². The molecular formula is C10H11NO4S. The maximum Gasteiger partial charge on any atom is 0.310 e. The van der Waals surface area contributed by atoms with Crippen LogP contribution >= 0.6 is 11.8 Å². The van der Waals surface area contributed by atoms with Crippen LogP contribution in [0.2, 0.25) is 0 Å². The fraction of sp³-hybridized carbons (Fsp3) is 0.300. The smallest absolute Gasteiger partial charge is 0.310 e. The van der Waals surface area contributed by atoms with Crippen LogP contribution in [0, 0.1) is 10.1 Å². The van der Waals surface area contributed by atoms with Crippen molar-refractivity contribution in [1.82, 2.24) is 0 Å². The van der Waals surface area contributed by atoms with Crippen LogP contribution in [0.3, 0.4) is 0 Å². The van der Waals surface area contributed by atoms with E-state index in [0.29, 0.717) is 5.56 Å². The third-order valence-electron chi connectivity index (χ3n) is 2.05. The quantitative estimate of drug-likeness (QED) is 0.349. The van der Waals surface area contributed by atoms with Gasteiger partial charge >= 0.3 is 5.97 Å². The fourth-order valence-electron chi connectivity index (χ4n) is 1.22. The summed E-state index contributed by atoms with van der Waals surface area (Å²) in [6.07, 6.45) is 1.75. The standard InChI is InChI=1S/C10H11NO4S/c1-15-10(12)5-7-3-4-8(16-2)6-9(7)11(13)14/h3-4,6H,5H2,1-2H3. The van der Waals surface area contributed by atoms with Crippen LogP contribution in [0.1, 0.15) is 5.56 Å². The van der Waals surface area contributed by atoms with Gasteiger partial charge in [-0.15, -0.1) is 11.8 Å². The molecule has 0 N–H and O–H groups in total. The number of methoxy groups -OCH3 is 1. The van der Waals surface area contributed by atoms with Crippen LogP contribution in [0.25, 0.3) is 0 Å². The maximum absolute atomic E-state index is 11.1. The van der Waals surface area contributed by atoms with E-state index in [1.165, 1.54) is 24.9 Å². The molecule has 0 aromatic heterocycles. The van der Waals surface area contributed by atoms with Gasteiger partial charge in [-0.2, -0.15) is 0 Å². The average molecular weight is 241 g/mol.